The number of nitrogens with one attached hydrogen (secondary N) is 1. The van der Waals surface area contributed by atoms with Gasteiger partial charge in [-0.05, 0) is 28.5 Å². The fourth-order valence-electron chi connectivity index (χ4n) is 3.59. The molecule has 0 radical (unpaired) electrons. The molecule has 0 saturated carbocycles. The Labute approximate surface area is 187 Å². The molecule has 0 saturated heterocycles. The highest BCUT2D eigenvalue weighted by Crippen LogP contribution is 2.20. The highest BCUT2D eigenvalue weighted by molar-refractivity contribution is 6.02. The van der Waals surface area contributed by atoms with Crippen LogP contribution in [0.2, 0.25) is 0 Å². The quantitative estimate of drug-likeness (QED) is 0.299. The summed E-state index contributed by atoms with van der Waals surface area (Å²) in [7, 11) is 0. The molecule has 33 heavy (non-hydrogen) atoms. The number of fused-ring (bicyclic) bond motifs is 1. The Morgan fingerprint density at radius 2 is 1.76 bits per heavy atom. The van der Waals surface area contributed by atoms with Crippen molar-refractivity contribution in [3.05, 3.63) is 107 Å². The van der Waals surface area contributed by atoms with Crippen molar-refractivity contribution in [1.29, 1.82) is 0 Å². The largest absolute Gasteiger partial charge is 0.454 e. The Morgan fingerprint density at radius 3 is 2.61 bits per heavy atom. The molecule has 0 fully saturated rings. The maximum atomic E-state index is 12.6. The molecule has 0 atom stereocenters. The molecule has 0 aliphatic heterocycles. The van der Waals surface area contributed by atoms with E-state index < -0.39 is 10.8 Å². The first-order valence-corrected chi connectivity index (χ1v) is 10.1. The van der Waals surface area contributed by atoms with E-state index in [4.69, 9.17) is 4.42 Å². The van der Waals surface area contributed by atoms with Gasteiger partial charge in [0.15, 0.2) is 5.76 Å². The van der Waals surface area contributed by atoms with Crippen molar-refractivity contribution in [1.82, 2.24) is 19.6 Å². The van der Waals surface area contributed by atoms with Crippen molar-refractivity contribution in [2.75, 3.05) is 5.32 Å². The van der Waals surface area contributed by atoms with Crippen LogP contribution >= 0.6 is 0 Å². The van der Waals surface area contributed by atoms with E-state index in [0.717, 1.165) is 22.5 Å². The Bertz CT molecular complexity index is 1460. The molecule has 10 nitrogen and oxygen atoms in total. The van der Waals surface area contributed by atoms with Crippen LogP contribution in [0.3, 0.4) is 0 Å². The van der Waals surface area contributed by atoms with Crippen LogP contribution < -0.4 is 5.32 Å². The van der Waals surface area contributed by atoms with Crippen LogP contribution in [-0.4, -0.2) is 30.4 Å². The summed E-state index contributed by atoms with van der Waals surface area (Å²) in [6, 6.07) is 17.5. The lowest BCUT2D eigenvalue weighted by Crippen LogP contribution is -2.10. The molecular formula is C23H18N6O4. The SMILES string of the molecule is O=C(Nc1cnn(Cc2cccc3ccccc23)c1)c1ccc(Cn2cc([N+](=O)[O-])cn2)o1. The highest BCUT2D eigenvalue weighted by atomic mass is 16.6. The molecule has 5 aromatic rings. The van der Waals surface area contributed by atoms with Gasteiger partial charge < -0.3 is 9.73 Å². The van der Waals surface area contributed by atoms with Crippen LogP contribution in [0.4, 0.5) is 11.4 Å². The second kappa shape index (κ2) is 8.42. The minimum Gasteiger partial charge on any atom is -0.454 e. The van der Waals surface area contributed by atoms with Crippen LogP contribution in [0.1, 0.15) is 21.9 Å². The molecule has 3 aromatic heterocycles. The minimum atomic E-state index is -0.523. The molecule has 1 N–H and O–H groups in total. The number of hydrogen-bond acceptors (Lipinski definition) is 6. The van der Waals surface area contributed by atoms with Crippen molar-refractivity contribution in [2.45, 2.75) is 13.1 Å². The van der Waals surface area contributed by atoms with Crippen LogP contribution in [0.5, 0.6) is 0 Å². The van der Waals surface area contributed by atoms with Crippen LogP contribution in [-0.2, 0) is 13.1 Å². The Kier molecular flexibility index (Phi) is 5.15. The van der Waals surface area contributed by atoms with E-state index in [1.807, 2.05) is 18.2 Å². The van der Waals surface area contributed by atoms with Gasteiger partial charge in [0.1, 0.15) is 18.2 Å². The monoisotopic (exact) mass is 442 g/mol. The molecule has 5 rings (SSSR count). The van der Waals surface area contributed by atoms with E-state index in [9.17, 15) is 14.9 Å². The number of carbonyl (C=O) groups excluding carboxylic acids is 1. The zero-order valence-corrected chi connectivity index (χ0v) is 17.3. The molecule has 3 heterocycles. The number of aromatic nitrogens is 4. The molecular weight excluding hydrogens is 424 g/mol. The lowest BCUT2D eigenvalue weighted by atomic mass is 10.0. The number of rotatable bonds is 7. The molecule has 0 bridgehead atoms. The Morgan fingerprint density at radius 1 is 0.970 bits per heavy atom. The van der Waals surface area contributed by atoms with Crippen molar-refractivity contribution >= 4 is 28.1 Å². The van der Waals surface area contributed by atoms with Crippen LogP contribution in [0, 0.1) is 10.1 Å². The van der Waals surface area contributed by atoms with Gasteiger partial charge in [-0.1, -0.05) is 42.5 Å². The fourth-order valence-corrected chi connectivity index (χ4v) is 3.59. The molecule has 2 aromatic carbocycles. The van der Waals surface area contributed by atoms with Gasteiger partial charge >= 0.3 is 5.69 Å². The van der Waals surface area contributed by atoms with Crippen molar-refractivity contribution in [3.8, 4) is 0 Å². The second-order valence-corrected chi connectivity index (χ2v) is 7.44. The third-order valence-corrected chi connectivity index (χ3v) is 5.14. The number of anilines is 1. The number of nitrogens with zero attached hydrogens (tertiary/aromatic N) is 5. The third-order valence-electron chi connectivity index (χ3n) is 5.14. The first-order chi connectivity index (χ1) is 16.0. The number of amides is 1. The van der Waals surface area contributed by atoms with E-state index in [1.165, 1.54) is 10.9 Å². The summed E-state index contributed by atoms with van der Waals surface area (Å²) in [5, 5.41) is 24.1. The smallest absolute Gasteiger partial charge is 0.307 e. The molecule has 0 aliphatic rings. The predicted molar refractivity (Wildman–Crippen MR) is 120 cm³/mol. The van der Waals surface area contributed by atoms with Crippen LogP contribution in [0.25, 0.3) is 10.8 Å². The molecule has 10 heteroatoms. The lowest BCUT2D eigenvalue weighted by Gasteiger charge is -2.06. The Hall–Kier alpha value is -4.73. The number of hydrogen-bond donors (Lipinski definition) is 1. The predicted octanol–water partition coefficient (Wildman–Crippen LogP) is 4.08. The number of furan rings is 1. The second-order valence-electron chi connectivity index (χ2n) is 7.44. The number of carbonyl (C=O) groups is 1. The first-order valence-electron chi connectivity index (χ1n) is 10.1. The average Bonchev–Trinajstić information content (AvgIpc) is 3.56. The van der Waals surface area contributed by atoms with Gasteiger partial charge in [0.05, 0.1) is 29.9 Å². The van der Waals surface area contributed by atoms with Gasteiger partial charge in [-0.15, -0.1) is 0 Å². The number of benzene rings is 2. The molecule has 0 unspecified atom stereocenters. The average molecular weight is 442 g/mol. The van der Waals surface area contributed by atoms with E-state index in [1.54, 1.807) is 29.2 Å². The van der Waals surface area contributed by atoms with Gasteiger partial charge in [0.25, 0.3) is 5.91 Å². The molecule has 0 spiro atoms. The lowest BCUT2D eigenvalue weighted by molar-refractivity contribution is -0.385. The molecule has 164 valence electrons. The normalized spacial score (nSPS) is 11.0. The van der Waals surface area contributed by atoms with Gasteiger partial charge in [-0.25, -0.2) is 0 Å². The summed E-state index contributed by atoms with van der Waals surface area (Å²) in [5.41, 5.74) is 1.56. The summed E-state index contributed by atoms with van der Waals surface area (Å²) in [6.07, 6.45) is 5.79. The van der Waals surface area contributed by atoms with Gasteiger partial charge in [0, 0.05) is 6.20 Å². The topological polar surface area (TPSA) is 121 Å². The summed E-state index contributed by atoms with van der Waals surface area (Å²) in [5.74, 6) is 0.149. The van der Waals surface area contributed by atoms with Gasteiger partial charge in [-0.2, -0.15) is 10.2 Å². The zero-order chi connectivity index (χ0) is 22.8. The summed E-state index contributed by atoms with van der Waals surface area (Å²) in [4.78, 5) is 22.8. The molecule has 1 amide bonds. The zero-order valence-electron chi connectivity index (χ0n) is 17.3. The van der Waals surface area contributed by atoms with Gasteiger partial charge in [0.2, 0.25) is 0 Å². The maximum absolute atomic E-state index is 12.6. The van der Waals surface area contributed by atoms with E-state index in [2.05, 4.69) is 39.8 Å². The fraction of sp³-hybridized carbons (Fsp3) is 0.0870. The van der Waals surface area contributed by atoms with Crippen molar-refractivity contribution < 1.29 is 14.1 Å². The Balaban J connectivity index is 1.24. The van der Waals surface area contributed by atoms with E-state index >= 15 is 0 Å². The van der Waals surface area contributed by atoms with Crippen molar-refractivity contribution in [3.63, 3.8) is 0 Å². The first kappa shape index (κ1) is 20.2. The summed E-state index contributed by atoms with van der Waals surface area (Å²) < 4.78 is 8.70. The van der Waals surface area contributed by atoms with Gasteiger partial charge in [-0.3, -0.25) is 24.3 Å². The summed E-state index contributed by atoms with van der Waals surface area (Å²) in [6.45, 7) is 0.738. The standard InChI is InChI=1S/C23H18N6O4/c30-23(22-9-8-20(33-22)15-28-14-19(11-25-28)29(31)32)26-18-10-24-27(13-18)12-17-6-3-5-16-4-1-2-7-21(16)17/h1-11,13-14H,12,15H2,(H,26,30). The number of nitro groups is 1. The van der Waals surface area contributed by atoms with E-state index in [-0.39, 0.29) is 18.0 Å². The third kappa shape index (κ3) is 4.35. The maximum Gasteiger partial charge on any atom is 0.307 e. The van der Waals surface area contributed by atoms with Crippen LogP contribution in [0.15, 0.2) is 83.8 Å². The molecule has 0 aliphatic carbocycles. The highest BCUT2D eigenvalue weighted by Gasteiger charge is 2.15. The van der Waals surface area contributed by atoms with E-state index in [0.29, 0.717) is 18.0 Å². The summed E-state index contributed by atoms with van der Waals surface area (Å²) >= 11 is 0. The van der Waals surface area contributed by atoms with Crippen molar-refractivity contribution in [2.24, 2.45) is 0 Å². The minimum absolute atomic E-state index is 0.111.